The number of carbonyl (C=O) groups is 1. The lowest BCUT2D eigenvalue weighted by Crippen LogP contribution is -2.25. The number of benzene rings is 1. The lowest BCUT2D eigenvalue weighted by molar-refractivity contribution is -0.384. The summed E-state index contributed by atoms with van der Waals surface area (Å²) in [5.74, 6) is -0.376. The summed E-state index contributed by atoms with van der Waals surface area (Å²) in [4.78, 5) is 21.1. The van der Waals surface area contributed by atoms with Crippen molar-refractivity contribution in [3.05, 3.63) is 28.3 Å². The van der Waals surface area contributed by atoms with Gasteiger partial charge in [0.15, 0.2) is 0 Å². The molecule has 19 heavy (non-hydrogen) atoms. The van der Waals surface area contributed by atoms with Gasteiger partial charge in [-0.3, -0.25) is 19.2 Å². The Morgan fingerprint density at radius 3 is 2.42 bits per heavy atom. The molecule has 0 saturated carbocycles. The molecule has 104 valence electrons. The standard InChI is InChI=1S/C10H13N3O5S/c1-7(14)11-8-4-5-9(10(6-8)13(15)16)12(2)19(3,17)18/h4-6H,1-3H3,(H,11,14). The third-order valence-electron chi connectivity index (χ3n) is 2.33. The van der Waals surface area contributed by atoms with Crippen molar-refractivity contribution in [2.75, 3.05) is 22.9 Å². The normalized spacial score (nSPS) is 10.9. The van der Waals surface area contributed by atoms with Crippen molar-refractivity contribution in [3.8, 4) is 0 Å². The van der Waals surface area contributed by atoms with Crippen molar-refractivity contribution < 1.29 is 18.1 Å². The van der Waals surface area contributed by atoms with Crippen molar-refractivity contribution >= 4 is 33.0 Å². The molecule has 0 unspecified atom stereocenters. The SMILES string of the molecule is CC(=O)Nc1ccc(N(C)S(C)(=O)=O)c([N+](=O)[O-])c1. The largest absolute Gasteiger partial charge is 0.326 e. The van der Waals surface area contributed by atoms with E-state index in [0.29, 0.717) is 0 Å². The van der Waals surface area contributed by atoms with E-state index in [1.54, 1.807) is 0 Å². The Morgan fingerprint density at radius 2 is 2.00 bits per heavy atom. The van der Waals surface area contributed by atoms with E-state index in [0.717, 1.165) is 16.6 Å². The number of nitrogens with zero attached hydrogens (tertiary/aromatic N) is 2. The van der Waals surface area contributed by atoms with Crippen LogP contribution in [0.4, 0.5) is 17.1 Å². The molecule has 0 radical (unpaired) electrons. The van der Waals surface area contributed by atoms with Crippen LogP contribution in [0.25, 0.3) is 0 Å². The number of carbonyl (C=O) groups excluding carboxylic acids is 1. The first-order chi connectivity index (χ1) is 8.62. The van der Waals surface area contributed by atoms with Gasteiger partial charge in [0, 0.05) is 25.7 Å². The second-order valence-electron chi connectivity index (χ2n) is 3.87. The molecule has 1 aromatic carbocycles. The van der Waals surface area contributed by atoms with Gasteiger partial charge in [-0.1, -0.05) is 0 Å². The quantitative estimate of drug-likeness (QED) is 0.655. The molecule has 1 amide bonds. The second-order valence-corrected chi connectivity index (χ2v) is 5.89. The Hall–Kier alpha value is -2.16. The number of nitro groups is 1. The fourth-order valence-corrected chi connectivity index (χ4v) is 1.91. The minimum atomic E-state index is -3.61. The second kappa shape index (κ2) is 5.22. The van der Waals surface area contributed by atoms with E-state index in [-0.39, 0.29) is 17.3 Å². The van der Waals surface area contributed by atoms with Crippen LogP contribution in [0, 0.1) is 10.1 Å². The van der Waals surface area contributed by atoms with E-state index in [1.165, 1.54) is 26.1 Å². The summed E-state index contributed by atoms with van der Waals surface area (Å²) in [6.07, 6.45) is 0.943. The summed E-state index contributed by atoms with van der Waals surface area (Å²) in [6, 6.07) is 3.77. The van der Waals surface area contributed by atoms with Gasteiger partial charge in [-0.05, 0) is 12.1 Å². The van der Waals surface area contributed by atoms with Crippen molar-refractivity contribution in [1.29, 1.82) is 0 Å². The molecule has 0 heterocycles. The molecule has 8 nitrogen and oxygen atoms in total. The van der Waals surface area contributed by atoms with Crippen LogP contribution in [0.2, 0.25) is 0 Å². The van der Waals surface area contributed by atoms with Crippen LogP contribution in [-0.2, 0) is 14.8 Å². The highest BCUT2D eigenvalue weighted by atomic mass is 32.2. The molecule has 0 atom stereocenters. The predicted octanol–water partition coefficient (Wildman–Crippen LogP) is 0.949. The Bertz CT molecular complexity index is 626. The minimum Gasteiger partial charge on any atom is -0.326 e. The van der Waals surface area contributed by atoms with Gasteiger partial charge in [-0.15, -0.1) is 0 Å². The van der Waals surface area contributed by atoms with Crippen LogP contribution in [0.15, 0.2) is 18.2 Å². The summed E-state index contributed by atoms with van der Waals surface area (Å²) in [5.41, 5.74) is -0.245. The number of nitrogens with one attached hydrogen (secondary N) is 1. The Kier molecular flexibility index (Phi) is 4.10. The lowest BCUT2D eigenvalue weighted by Gasteiger charge is -2.17. The van der Waals surface area contributed by atoms with Crippen molar-refractivity contribution in [3.63, 3.8) is 0 Å². The summed E-state index contributed by atoms with van der Waals surface area (Å²) in [5, 5.41) is 13.4. The van der Waals surface area contributed by atoms with Crippen molar-refractivity contribution in [2.45, 2.75) is 6.92 Å². The first-order valence-corrected chi connectivity index (χ1v) is 6.97. The first kappa shape index (κ1) is 14.9. The number of anilines is 2. The molecule has 0 aliphatic carbocycles. The third-order valence-corrected chi connectivity index (χ3v) is 3.52. The molecule has 1 N–H and O–H groups in total. The highest BCUT2D eigenvalue weighted by Gasteiger charge is 2.23. The molecular formula is C10H13N3O5S. The zero-order valence-electron chi connectivity index (χ0n) is 10.6. The number of amides is 1. The maximum Gasteiger partial charge on any atom is 0.295 e. The number of sulfonamides is 1. The van der Waals surface area contributed by atoms with E-state index >= 15 is 0 Å². The van der Waals surface area contributed by atoms with E-state index in [1.807, 2.05) is 0 Å². The third kappa shape index (κ3) is 3.65. The van der Waals surface area contributed by atoms with Gasteiger partial charge < -0.3 is 5.32 Å². The van der Waals surface area contributed by atoms with E-state index in [2.05, 4.69) is 5.32 Å². The molecule has 0 aliphatic heterocycles. The van der Waals surface area contributed by atoms with Crippen LogP contribution in [-0.4, -0.2) is 32.6 Å². The highest BCUT2D eigenvalue weighted by Crippen LogP contribution is 2.31. The average Bonchev–Trinajstić information content (AvgIpc) is 2.25. The summed E-state index contributed by atoms with van der Waals surface area (Å²) in [7, 11) is -2.39. The Morgan fingerprint density at radius 1 is 1.42 bits per heavy atom. The lowest BCUT2D eigenvalue weighted by atomic mass is 10.2. The molecule has 9 heteroatoms. The van der Waals surface area contributed by atoms with Gasteiger partial charge in [0.1, 0.15) is 5.69 Å². The summed E-state index contributed by atoms with van der Waals surface area (Å²) >= 11 is 0. The van der Waals surface area contributed by atoms with Gasteiger partial charge in [-0.2, -0.15) is 0 Å². The van der Waals surface area contributed by atoms with Gasteiger partial charge >= 0.3 is 0 Å². The number of rotatable bonds is 4. The molecule has 1 aromatic rings. The molecule has 0 aromatic heterocycles. The van der Waals surface area contributed by atoms with Gasteiger partial charge in [0.25, 0.3) is 5.69 Å². The molecule has 0 bridgehead atoms. The molecule has 0 saturated heterocycles. The maximum absolute atomic E-state index is 11.4. The summed E-state index contributed by atoms with van der Waals surface area (Å²) in [6.45, 7) is 1.27. The van der Waals surface area contributed by atoms with Gasteiger partial charge in [0.2, 0.25) is 15.9 Å². The fourth-order valence-electron chi connectivity index (χ4n) is 1.40. The Labute approximate surface area is 110 Å². The average molecular weight is 287 g/mol. The number of nitro benzene ring substituents is 1. The maximum atomic E-state index is 11.4. The monoisotopic (exact) mass is 287 g/mol. The molecule has 0 aliphatic rings. The number of hydrogen-bond acceptors (Lipinski definition) is 5. The first-order valence-electron chi connectivity index (χ1n) is 5.13. The highest BCUT2D eigenvalue weighted by molar-refractivity contribution is 7.92. The minimum absolute atomic E-state index is 0.0680. The van der Waals surface area contributed by atoms with Crippen molar-refractivity contribution in [1.82, 2.24) is 0 Å². The summed E-state index contributed by atoms with van der Waals surface area (Å²) < 4.78 is 23.6. The van der Waals surface area contributed by atoms with E-state index in [9.17, 15) is 23.3 Å². The zero-order chi connectivity index (χ0) is 14.8. The van der Waals surface area contributed by atoms with Crippen LogP contribution in [0.3, 0.4) is 0 Å². The smallest absolute Gasteiger partial charge is 0.295 e. The topological polar surface area (TPSA) is 110 Å². The fraction of sp³-hybridized carbons (Fsp3) is 0.300. The zero-order valence-corrected chi connectivity index (χ0v) is 11.4. The molecule has 0 spiro atoms. The predicted molar refractivity (Wildman–Crippen MR) is 70.6 cm³/mol. The van der Waals surface area contributed by atoms with Crippen LogP contribution in [0.1, 0.15) is 6.92 Å². The Balaban J connectivity index is 3.34. The van der Waals surface area contributed by atoms with Crippen LogP contribution >= 0.6 is 0 Å². The van der Waals surface area contributed by atoms with Crippen LogP contribution in [0.5, 0.6) is 0 Å². The van der Waals surface area contributed by atoms with Crippen molar-refractivity contribution in [2.24, 2.45) is 0 Å². The molecule has 1 rings (SSSR count). The number of hydrogen-bond donors (Lipinski definition) is 1. The van der Waals surface area contributed by atoms with Crippen LogP contribution < -0.4 is 9.62 Å². The molecular weight excluding hydrogens is 274 g/mol. The van der Waals surface area contributed by atoms with Gasteiger partial charge in [0.05, 0.1) is 11.2 Å². The van der Waals surface area contributed by atoms with Gasteiger partial charge in [-0.25, -0.2) is 8.42 Å². The van der Waals surface area contributed by atoms with E-state index < -0.39 is 20.6 Å². The van der Waals surface area contributed by atoms with E-state index in [4.69, 9.17) is 0 Å². The molecule has 0 fully saturated rings.